The van der Waals surface area contributed by atoms with Crippen LogP contribution >= 0.6 is 0 Å². The van der Waals surface area contributed by atoms with Crippen molar-refractivity contribution in [2.45, 2.75) is 19.4 Å². The van der Waals surface area contributed by atoms with E-state index in [4.69, 9.17) is 11.7 Å². The van der Waals surface area contributed by atoms with Crippen LogP contribution in [-0.4, -0.2) is 4.57 Å². The van der Waals surface area contributed by atoms with Gasteiger partial charge >= 0.3 is 0 Å². The van der Waals surface area contributed by atoms with Crippen LogP contribution in [0.2, 0.25) is 0 Å². The zero-order chi connectivity index (χ0) is 8.81. The summed E-state index contributed by atoms with van der Waals surface area (Å²) in [6, 6.07) is 5.78. The SMILES string of the molecule is C#CCCCn1cccc1C#N. The summed E-state index contributed by atoms with van der Waals surface area (Å²) in [6.45, 7) is 0.833. The molecule has 60 valence electrons. The minimum absolute atomic E-state index is 0.701. The number of nitrogens with zero attached hydrogens (tertiary/aromatic N) is 2. The summed E-state index contributed by atoms with van der Waals surface area (Å²) >= 11 is 0. The molecule has 12 heavy (non-hydrogen) atoms. The van der Waals surface area contributed by atoms with E-state index in [2.05, 4.69) is 12.0 Å². The van der Waals surface area contributed by atoms with Crippen LogP contribution in [0.25, 0.3) is 0 Å². The van der Waals surface area contributed by atoms with E-state index in [1.165, 1.54) is 0 Å². The number of unbranched alkanes of at least 4 members (excludes halogenated alkanes) is 1. The molecule has 0 saturated heterocycles. The first-order valence-electron chi connectivity index (χ1n) is 3.87. The molecule has 0 fully saturated rings. The highest BCUT2D eigenvalue weighted by atomic mass is 15.0. The number of nitriles is 1. The fraction of sp³-hybridized carbons (Fsp3) is 0.300. The van der Waals surface area contributed by atoms with Crippen LogP contribution in [0.3, 0.4) is 0 Å². The van der Waals surface area contributed by atoms with Gasteiger partial charge in [-0.2, -0.15) is 5.26 Å². The van der Waals surface area contributed by atoms with Crippen molar-refractivity contribution < 1.29 is 0 Å². The molecular formula is C10H10N2. The van der Waals surface area contributed by atoms with Crippen LogP contribution in [0.4, 0.5) is 0 Å². The smallest absolute Gasteiger partial charge is 0.120 e. The Bertz CT molecular complexity index is 322. The normalized spacial score (nSPS) is 8.83. The average Bonchev–Trinajstić information content (AvgIpc) is 2.52. The van der Waals surface area contributed by atoms with Gasteiger partial charge in [-0.1, -0.05) is 0 Å². The summed E-state index contributed by atoms with van der Waals surface area (Å²) in [5.41, 5.74) is 0.701. The van der Waals surface area contributed by atoms with Crippen molar-refractivity contribution in [2.75, 3.05) is 0 Å². The standard InChI is InChI=1S/C10H10N2/c1-2-3-4-7-12-8-5-6-10(12)9-11/h1,5-6,8H,3-4,7H2. The van der Waals surface area contributed by atoms with Gasteiger partial charge in [0, 0.05) is 19.2 Å². The molecule has 2 nitrogen and oxygen atoms in total. The highest BCUT2D eigenvalue weighted by Crippen LogP contribution is 2.02. The Labute approximate surface area is 72.4 Å². The van der Waals surface area contributed by atoms with Gasteiger partial charge < -0.3 is 4.57 Å². The Balaban J connectivity index is 2.53. The number of terminal acetylenes is 1. The maximum Gasteiger partial charge on any atom is 0.120 e. The predicted molar refractivity (Wildman–Crippen MR) is 47.2 cm³/mol. The molecule has 0 unspecified atom stereocenters. The van der Waals surface area contributed by atoms with Gasteiger partial charge in [-0.25, -0.2) is 0 Å². The summed E-state index contributed by atoms with van der Waals surface area (Å²) < 4.78 is 1.91. The molecule has 0 aliphatic rings. The van der Waals surface area contributed by atoms with Crippen LogP contribution < -0.4 is 0 Å². The second-order valence-electron chi connectivity index (χ2n) is 2.51. The summed E-state index contributed by atoms with van der Waals surface area (Å²) in [7, 11) is 0. The minimum atomic E-state index is 0.701. The van der Waals surface area contributed by atoms with E-state index >= 15 is 0 Å². The van der Waals surface area contributed by atoms with E-state index in [1.807, 2.05) is 16.8 Å². The van der Waals surface area contributed by atoms with Crippen molar-refractivity contribution in [3.63, 3.8) is 0 Å². The van der Waals surface area contributed by atoms with E-state index in [1.54, 1.807) is 6.07 Å². The third kappa shape index (κ3) is 1.90. The molecule has 0 aromatic carbocycles. The molecule has 0 aliphatic heterocycles. The highest BCUT2D eigenvalue weighted by Gasteiger charge is 1.96. The second-order valence-corrected chi connectivity index (χ2v) is 2.51. The summed E-state index contributed by atoms with van der Waals surface area (Å²) in [5, 5.41) is 8.65. The van der Waals surface area contributed by atoms with Gasteiger partial charge in [0.25, 0.3) is 0 Å². The van der Waals surface area contributed by atoms with Gasteiger partial charge in [-0.3, -0.25) is 0 Å². The number of hydrogen-bond donors (Lipinski definition) is 0. The van der Waals surface area contributed by atoms with Gasteiger partial charge in [-0.15, -0.1) is 12.3 Å². The van der Waals surface area contributed by atoms with Crippen molar-refractivity contribution in [1.29, 1.82) is 5.26 Å². The van der Waals surface area contributed by atoms with Crippen molar-refractivity contribution in [2.24, 2.45) is 0 Å². The van der Waals surface area contributed by atoms with Crippen LogP contribution in [-0.2, 0) is 6.54 Å². The summed E-state index contributed by atoms with van der Waals surface area (Å²) in [4.78, 5) is 0. The van der Waals surface area contributed by atoms with Crippen LogP contribution in [0.1, 0.15) is 18.5 Å². The Morgan fingerprint density at radius 2 is 2.42 bits per heavy atom. The lowest BCUT2D eigenvalue weighted by Crippen LogP contribution is -1.98. The van der Waals surface area contributed by atoms with Crippen LogP contribution in [0, 0.1) is 23.7 Å². The molecule has 1 aromatic rings. The Morgan fingerprint density at radius 3 is 3.08 bits per heavy atom. The largest absolute Gasteiger partial charge is 0.339 e. The predicted octanol–water partition coefficient (Wildman–Crippen LogP) is 1.77. The minimum Gasteiger partial charge on any atom is -0.339 e. The van der Waals surface area contributed by atoms with E-state index in [9.17, 15) is 0 Å². The van der Waals surface area contributed by atoms with E-state index in [0.29, 0.717) is 5.69 Å². The number of rotatable bonds is 3. The maximum absolute atomic E-state index is 8.65. The van der Waals surface area contributed by atoms with Crippen molar-refractivity contribution in [3.8, 4) is 18.4 Å². The fourth-order valence-electron chi connectivity index (χ4n) is 1.06. The molecular weight excluding hydrogens is 148 g/mol. The summed E-state index contributed by atoms with van der Waals surface area (Å²) in [5.74, 6) is 2.57. The van der Waals surface area contributed by atoms with E-state index in [-0.39, 0.29) is 0 Å². The molecule has 0 radical (unpaired) electrons. The molecule has 0 bridgehead atoms. The van der Waals surface area contributed by atoms with Gasteiger partial charge in [0.1, 0.15) is 11.8 Å². The number of hydrogen-bond acceptors (Lipinski definition) is 1. The average molecular weight is 158 g/mol. The topological polar surface area (TPSA) is 28.7 Å². The fourth-order valence-corrected chi connectivity index (χ4v) is 1.06. The molecule has 0 aliphatic carbocycles. The van der Waals surface area contributed by atoms with Gasteiger partial charge in [0.15, 0.2) is 0 Å². The maximum atomic E-state index is 8.65. The molecule has 0 spiro atoms. The Morgan fingerprint density at radius 1 is 1.58 bits per heavy atom. The zero-order valence-electron chi connectivity index (χ0n) is 6.83. The van der Waals surface area contributed by atoms with Crippen LogP contribution in [0.15, 0.2) is 18.3 Å². The molecule has 2 heteroatoms. The van der Waals surface area contributed by atoms with E-state index < -0.39 is 0 Å². The zero-order valence-corrected chi connectivity index (χ0v) is 6.83. The lowest BCUT2D eigenvalue weighted by atomic mass is 10.3. The molecule has 0 saturated carbocycles. The van der Waals surface area contributed by atoms with E-state index in [0.717, 1.165) is 19.4 Å². The van der Waals surface area contributed by atoms with Gasteiger partial charge in [-0.05, 0) is 18.6 Å². The third-order valence-corrected chi connectivity index (χ3v) is 1.66. The first-order chi connectivity index (χ1) is 5.88. The Kier molecular flexibility index (Phi) is 2.99. The quantitative estimate of drug-likeness (QED) is 0.487. The molecule has 1 rings (SSSR count). The number of aromatic nitrogens is 1. The first kappa shape index (κ1) is 8.43. The van der Waals surface area contributed by atoms with Crippen molar-refractivity contribution >= 4 is 0 Å². The third-order valence-electron chi connectivity index (χ3n) is 1.66. The lowest BCUT2D eigenvalue weighted by molar-refractivity contribution is 0.653. The molecule has 0 N–H and O–H groups in total. The number of aryl methyl sites for hydroxylation is 1. The first-order valence-corrected chi connectivity index (χ1v) is 3.87. The molecule has 0 atom stereocenters. The Hall–Kier alpha value is -1.67. The monoisotopic (exact) mass is 158 g/mol. The van der Waals surface area contributed by atoms with Crippen LogP contribution in [0.5, 0.6) is 0 Å². The van der Waals surface area contributed by atoms with Gasteiger partial charge in [0.2, 0.25) is 0 Å². The summed E-state index contributed by atoms with van der Waals surface area (Å²) in [6.07, 6.45) is 8.71. The lowest BCUT2D eigenvalue weighted by Gasteiger charge is -2.00. The van der Waals surface area contributed by atoms with Crippen molar-refractivity contribution in [1.82, 2.24) is 4.57 Å². The second kappa shape index (κ2) is 4.26. The van der Waals surface area contributed by atoms with Gasteiger partial charge in [0.05, 0.1) is 0 Å². The molecule has 1 heterocycles. The molecule has 0 amide bonds. The highest BCUT2D eigenvalue weighted by molar-refractivity contribution is 5.21. The van der Waals surface area contributed by atoms with Crippen molar-refractivity contribution in [3.05, 3.63) is 24.0 Å². The molecule has 1 aromatic heterocycles.